The number of rotatable bonds is 8. The molecule has 1 aliphatic carbocycles. The van der Waals surface area contributed by atoms with E-state index < -0.39 is 50.9 Å². The molecule has 2 fully saturated rings. The highest BCUT2D eigenvalue weighted by molar-refractivity contribution is 7.92. The standard InChI is InChI=1S/C29H26F6N2O5S/c30-20-6-18(7-21(10-20)42-27(31)32)17-4-5-26-25(8-17)37(43(38,39)24-3-1-2-19(9-24)29(33,34)35)13-23(41-26)14-40-22-11-28(12-22)15-36-16-28/h1-10,22-23,27,36H,11-16H2/t23-/m1/s1. The molecule has 1 N–H and O–H groups in total. The van der Waals surface area contributed by atoms with Gasteiger partial charge in [0, 0.05) is 24.6 Å². The van der Waals surface area contributed by atoms with Crippen LogP contribution in [-0.4, -0.2) is 53.5 Å². The minimum absolute atomic E-state index is 0.0133. The van der Waals surface area contributed by atoms with Gasteiger partial charge >= 0.3 is 12.8 Å². The zero-order valence-electron chi connectivity index (χ0n) is 22.4. The van der Waals surface area contributed by atoms with E-state index in [0.29, 0.717) is 6.07 Å². The third-order valence-corrected chi connectivity index (χ3v) is 9.68. The Labute approximate surface area is 243 Å². The lowest BCUT2D eigenvalue weighted by atomic mass is 9.63. The van der Waals surface area contributed by atoms with Gasteiger partial charge in [0.2, 0.25) is 0 Å². The Balaban J connectivity index is 1.34. The monoisotopic (exact) mass is 628 g/mol. The topological polar surface area (TPSA) is 77.1 Å². The summed E-state index contributed by atoms with van der Waals surface area (Å²) in [5.74, 6) is -1.21. The van der Waals surface area contributed by atoms with Gasteiger partial charge in [-0.25, -0.2) is 12.8 Å². The molecular formula is C29H26F6N2O5S. The number of sulfonamides is 1. The van der Waals surface area contributed by atoms with Gasteiger partial charge in [-0.3, -0.25) is 4.31 Å². The summed E-state index contributed by atoms with van der Waals surface area (Å²) >= 11 is 0. The molecule has 0 unspecified atom stereocenters. The van der Waals surface area contributed by atoms with Gasteiger partial charge in [-0.15, -0.1) is 0 Å². The normalized spacial score (nSPS) is 19.9. The molecule has 1 atom stereocenters. The second-order valence-electron chi connectivity index (χ2n) is 11.0. The molecular weight excluding hydrogens is 602 g/mol. The van der Waals surface area contributed by atoms with Gasteiger partial charge < -0.3 is 19.5 Å². The highest BCUT2D eigenvalue weighted by atomic mass is 32.2. The molecule has 0 bridgehead atoms. The van der Waals surface area contributed by atoms with Crippen LogP contribution in [0, 0.1) is 11.2 Å². The van der Waals surface area contributed by atoms with E-state index in [1.54, 1.807) is 0 Å². The van der Waals surface area contributed by atoms with Crippen LogP contribution in [0.3, 0.4) is 0 Å². The Bertz CT molecular complexity index is 1620. The fraction of sp³-hybridized carbons (Fsp3) is 0.379. The Morgan fingerprint density at radius 2 is 1.79 bits per heavy atom. The van der Waals surface area contributed by atoms with E-state index in [9.17, 15) is 34.8 Å². The third kappa shape index (κ3) is 6.00. The zero-order chi connectivity index (χ0) is 30.6. The number of hydrogen-bond donors (Lipinski definition) is 1. The van der Waals surface area contributed by atoms with Crippen LogP contribution in [-0.2, 0) is 20.9 Å². The van der Waals surface area contributed by atoms with Crippen molar-refractivity contribution in [3.63, 3.8) is 0 Å². The van der Waals surface area contributed by atoms with Gasteiger partial charge in [-0.05, 0) is 66.4 Å². The summed E-state index contributed by atoms with van der Waals surface area (Å²) in [6.45, 7) is -1.59. The molecule has 7 nitrogen and oxygen atoms in total. The zero-order valence-corrected chi connectivity index (χ0v) is 23.2. The van der Waals surface area contributed by atoms with Crippen LogP contribution in [0.5, 0.6) is 11.5 Å². The molecule has 3 aliphatic rings. The van der Waals surface area contributed by atoms with Crippen LogP contribution in [0.4, 0.5) is 32.0 Å². The summed E-state index contributed by atoms with van der Waals surface area (Å²) < 4.78 is 125. The lowest BCUT2D eigenvalue weighted by Crippen LogP contribution is -2.62. The molecule has 6 rings (SSSR count). The first-order valence-corrected chi connectivity index (χ1v) is 14.8. The van der Waals surface area contributed by atoms with E-state index >= 15 is 0 Å². The van der Waals surface area contributed by atoms with Gasteiger partial charge in [0.05, 0.1) is 35.4 Å². The van der Waals surface area contributed by atoms with Crippen molar-refractivity contribution in [3.05, 3.63) is 72.0 Å². The van der Waals surface area contributed by atoms with E-state index in [2.05, 4.69) is 10.1 Å². The first-order chi connectivity index (χ1) is 20.3. The van der Waals surface area contributed by atoms with Crippen LogP contribution < -0.4 is 19.1 Å². The first kappa shape index (κ1) is 29.6. The van der Waals surface area contributed by atoms with E-state index in [4.69, 9.17) is 9.47 Å². The van der Waals surface area contributed by atoms with Crippen molar-refractivity contribution < 1.29 is 49.0 Å². The maximum atomic E-state index is 14.3. The molecule has 3 aromatic rings. The largest absolute Gasteiger partial charge is 0.484 e. The van der Waals surface area contributed by atoms with Crippen molar-refractivity contribution >= 4 is 15.7 Å². The number of halogens is 6. The van der Waals surface area contributed by atoms with Crippen molar-refractivity contribution in [2.75, 3.05) is 30.5 Å². The summed E-state index contributed by atoms with van der Waals surface area (Å²) in [6, 6.07) is 10.6. The fourth-order valence-corrected chi connectivity index (χ4v) is 7.25. The van der Waals surface area contributed by atoms with E-state index in [-0.39, 0.29) is 47.2 Å². The highest BCUT2D eigenvalue weighted by Crippen LogP contribution is 2.46. The molecule has 0 radical (unpaired) electrons. The number of anilines is 1. The van der Waals surface area contributed by atoms with Gasteiger partial charge in [-0.1, -0.05) is 12.1 Å². The molecule has 2 aliphatic heterocycles. The second-order valence-corrected chi connectivity index (χ2v) is 12.9. The number of nitrogens with zero attached hydrogens (tertiary/aromatic N) is 1. The lowest BCUT2D eigenvalue weighted by Gasteiger charge is -2.54. The fourth-order valence-electron chi connectivity index (χ4n) is 5.70. The number of alkyl halides is 5. The number of hydrogen-bond acceptors (Lipinski definition) is 6. The van der Waals surface area contributed by atoms with Gasteiger partial charge in [0.15, 0.2) is 0 Å². The number of ether oxygens (including phenoxy) is 3. The molecule has 230 valence electrons. The van der Waals surface area contributed by atoms with E-state index in [1.165, 1.54) is 18.2 Å². The Morgan fingerprint density at radius 3 is 2.47 bits per heavy atom. The SMILES string of the molecule is O=S(=O)(c1cccc(C(F)(F)F)c1)N1C[C@H](COC2CC3(CNC3)C2)Oc2ccc(-c3cc(F)cc(OC(F)F)c3)cc21. The van der Waals surface area contributed by atoms with Gasteiger partial charge in [0.1, 0.15) is 23.4 Å². The second kappa shape index (κ2) is 10.9. The predicted octanol–water partition coefficient (Wildman–Crippen LogP) is 5.84. The molecule has 14 heteroatoms. The van der Waals surface area contributed by atoms with Crippen LogP contribution in [0.25, 0.3) is 11.1 Å². The van der Waals surface area contributed by atoms with E-state index in [0.717, 1.165) is 66.6 Å². The van der Waals surface area contributed by atoms with Crippen molar-refractivity contribution in [2.24, 2.45) is 5.41 Å². The highest BCUT2D eigenvalue weighted by Gasteiger charge is 2.49. The predicted molar refractivity (Wildman–Crippen MR) is 143 cm³/mol. The summed E-state index contributed by atoms with van der Waals surface area (Å²) in [4.78, 5) is -0.586. The van der Waals surface area contributed by atoms with Gasteiger partial charge in [0.25, 0.3) is 10.0 Å². The molecule has 0 amide bonds. The molecule has 2 heterocycles. The molecule has 1 saturated carbocycles. The molecule has 43 heavy (non-hydrogen) atoms. The summed E-state index contributed by atoms with van der Waals surface area (Å²) in [5.41, 5.74) is -0.573. The van der Waals surface area contributed by atoms with Crippen LogP contribution in [0.2, 0.25) is 0 Å². The maximum absolute atomic E-state index is 14.3. The minimum Gasteiger partial charge on any atom is -0.484 e. The quantitative estimate of drug-likeness (QED) is 0.316. The summed E-state index contributed by atoms with van der Waals surface area (Å²) in [5, 5.41) is 3.24. The summed E-state index contributed by atoms with van der Waals surface area (Å²) in [7, 11) is -4.57. The smallest absolute Gasteiger partial charge is 0.416 e. The Kier molecular flexibility index (Phi) is 7.50. The van der Waals surface area contributed by atoms with Gasteiger partial charge in [-0.2, -0.15) is 22.0 Å². The molecule has 3 aromatic carbocycles. The molecule has 1 saturated heterocycles. The number of fused-ring (bicyclic) bond motifs is 1. The van der Waals surface area contributed by atoms with E-state index in [1.807, 2.05) is 0 Å². The van der Waals surface area contributed by atoms with Crippen molar-refractivity contribution in [1.82, 2.24) is 5.32 Å². The number of nitrogens with one attached hydrogen (secondary N) is 1. The lowest BCUT2D eigenvalue weighted by molar-refractivity contribution is -0.137. The molecule has 0 aromatic heterocycles. The van der Waals surface area contributed by atoms with Crippen LogP contribution in [0.15, 0.2) is 65.6 Å². The third-order valence-electron chi connectivity index (χ3n) is 7.91. The van der Waals surface area contributed by atoms with Crippen LogP contribution in [0.1, 0.15) is 18.4 Å². The van der Waals surface area contributed by atoms with Crippen molar-refractivity contribution in [3.8, 4) is 22.6 Å². The Morgan fingerprint density at radius 1 is 1.02 bits per heavy atom. The molecule has 1 spiro atoms. The first-order valence-electron chi connectivity index (χ1n) is 13.4. The minimum atomic E-state index is -4.77. The van der Waals surface area contributed by atoms with Crippen molar-refractivity contribution in [1.29, 1.82) is 0 Å². The average molecular weight is 629 g/mol. The summed E-state index contributed by atoms with van der Waals surface area (Å²) in [6.07, 6.45) is -3.84. The Hall–Kier alpha value is -3.49. The van der Waals surface area contributed by atoms with Crippen molar-refractivity contribution in [2.45, 2.75) is 42.7 Å². The maximum Gasteiger partial charge on any atom is 0.416 e. The average Bonchev–Trinajstić information content (AvgIpc) is 2.89. The van der Waals surface area contributed by atoms with Crippen LogP contribution >= 0.6 is 0 Å². The number of benzene rings is 3.